The van der Waals surface area contributed by atoms with Gasteiger partial charge in [0.05, 0.1) is 0 Å². The van der Waals surface area contributed by atoms with Gasteiger partial charge >= 0.3 is 5.69 Å². The third-order valence-electron chi connectivity index (χ3n) is 3.21. The first-order valence-electron chi connectivity index (χ1n) is 6.45. The van der Waals surface area contributed by atoms with E-state index in [0.717, 1.165) is 5.56 Å². The summed E-state index contributed by atoms with van der Waals surface area (Å²) in [6.45, 7) is 4.75. The number of benzene rings is 1. The van der Waals surface area contributed by atoms with Gasteiger partial charge in [0.2, 0.25) is 0 Å². The molecule has 1 aromatic heterocycles. The molecule has 2 aromatic rings. The van der Waals surface area contributed by atoms with Crippen molar-refractivity contribution in [1.82, 2.24) is 9.55 Å². The first kappa shape index (κ1) is 13.5. The Morgan fingerprint density at radius 3 is 2.42 bits per heavy atom. The molecule has 0 aliphatic rings. The average Bonchev–Trinajstić information content (AvgIpc) is 2.41. The van der Waals surface area contributed by atoms with E-state index >= 15 is 0 Å². The lowest BCUT2D eigenvalue weighted by atomic mass is 9.99. The molecule has 1 heterocycles. The largest absolute Gasteiger partial charge is 0.347 e. The Balaban J connectivity index is 2.14. The minimum absolute atomic E-state index is 0.205. The van der Waals surface area contributed by atoms with Crippen molar-refractivity contribution in [3.05, 3.63) is 64.3 Å². The lowest BCUT2D eigenvalue weighted by Crippen LogP contribution is -2.27. The number of hydrogen-bond acceptors (Lipinski definition) is 3. The molecule has 0 spiro atoms. The van der Waals surface area contributed by atoms with E-state index in [1.54, 1.807) is 12.3 Å². The van der Waals surface area contributed by atoms with Crippen molar-refractivity contribution in [3.63, 3.8) is 0 Å². The van der Waals surface area contributed by atoms with Gasteiger partial charge in [-0.3, -0.25) is 4.57 Å². The van der Waals surface area contributed by atoms with Crippen molar-refractivity contribution in [2.75, 3.05) is 0 Å². The minimum Gasteiger partial charge on any atom is -0.322 e. The lowest BCUT2D eigenvalue weighted by Gasteiger charge is -2.14. The Labute approximate surface area is 112 Å². The van der Waals surface area contributed by atoms with Gasteiger partial charge in [0.1, 0.15) is 0 Å². The van der Waals surface area contributed by atoms with E-state index < -0.39 is 0 Å². The normalized spacial score (nSPS) is 12.6. The molecule has 1 unspecified atom stereocenters. The molecule has 0 amide bonds. The zero-order valence-corrected chi connectivity index (χ0v) is 11.3. The van der Waals surface area contributed by atoms with Gasteiger partial charge in [-0.1, -0.05) is 38.1 Å². The summed E-state index contributed by atoms with van der Waals surface area (Å²) >= 11 is 0. The molecule has 1 atom stereocenters. The minimum atomic E-state index is -0.267. The van der Waals surface area contributed by atoms with Crippen molar-refractivity contribution in [3.8, 4) is 0 Å². The third kappa shape index (κ3) is 3.29. The highest BCUT2D eigenvalue weighted by Crippen LogP contribution is 2.18. The average molecular weight is 257 g/mol. The van der Waals surface area contributed by atoms with Crippen LogP contribution in [0, 0.1) is 0 Å². The molecule has 0 saturated heterocycles. The second-order valence-corrected chi connectivity index (χ2v) is 4.98. The number of nitrogens with two attached hydrogens (primary N) is 1. The van der Waals surface area contributed by atoms with Crippen LogP contribution in [0.1, 0.15) is 36.9 Å². The quantitative estimate of drug-likeness (QED) is 0.912. The maximum Gasteiger partial charge on any atom is 0.347 e. The fraction of sp³-hybridized carbons (Fsp3) is 0.333. The van der Waals surface area contributed by atoms with Crippen molar-refractivity contribution < 1.29 is 0 Å². The summed E-state index contributed by atoms with van der Waals surface area (Å²) in [6, 6.07) is 9.76. The van der Waals surface area contributed by atoms with E-state index in [0.29, 0.717) is 12.5 Å². The molecule has 0 bridgehead atoms. The predicted molar refractivity (Wildman–Crippen MR) is 76.0 cm³/mol. The summed E-state index contributed by atoms with van der Waals surface area (Å²) in [5.74, 6) is 0.506. The zero-order valence-electron chi connectivity index (χ0n) is 11.3. The van der Waals surface area contributed by atoms with Gasteiger partial charge in [0, 0.05) is 25.0 Å². The molecule has 2 N–H and O–H groups in total. The molecule has 1 aromatic carbocycles. The molecule has 19 heavy (non-hydrogen) atoms. The fourth-order valence-electron chi connectivity index (χ4n) is 1.97. The van der Waals surface area contributed by atoms with Crippen molar-refractivity contribution in [2.45, 2.75) is 32.4 Å². The number of nitrogens with zero attached hydrogens (tertiary/aromatic N) is 2. The number of hydrogen-bond donors (Lipinski definition) is 1. The van der Waals surface area contributed by atoms with Crippen LogP contribution in [0.2, 0.25) is 0 Å². The van der Waals surface area contributed by atoms with Crippen LogP contribution in [0.15, 0.2) is 47.5 Å². The molecule has 0 fully saturated rings. The van der Waals surface area contributed by atoms with Crippen LogP contribution < -0.4 is 11.4 Å². The van der Waals surface area contributed by atoms with Gasteiger partial charge in [-0.25, -0.2) is 9.78 Å². The number of rotatable bonds is 4. The molecule has 4 nitrogen and oxygen atoms in total. The summed E-state index contributed by atoms with van der Waals surface area (Å²) in [6.07, 6.45) is 3.19. The molecule has 0 radical (unpaired) electrons. The second-order valence-electron chi connectivity index (χ2n) is 4.98. The zero-order chi connectivity index (χ0) is 13.8. The van der Waals surface area contributed by atoms with Gasteiger partial charge in [-0.2, -0.15) is 0 Å². The summed E-state index contributed by atoms with van der Waals surface area (Å²) in [5, 5.41) is 0. The molecule has 100 valence electrons. The highest BCUT2D eigenvalue weighted by molar-refractivity contribution is 5.26. The molecule has 0 saturated carbocycles. The first-order chi connectivity index (χ1) is 9.08. The van der Waals surface area contributed by atoms with Gasteiger partial charge < -0.3 is 5.73 Å². The smallest absolute Gasteiger partial charge is 0.322 e. The van der Waals surface area contributed by atoms with E-state index in [4.69, 9.17) is 5.73 Å². The number of aromatic nitrogens is 2. The Bertz CT molecular complexity index is 587. The third-order valence-corrected chi connectivity index (χ3v) is 3.21. The Kier molecular flexibility index (Phi) is 4.12. The van der Waals surface area contributed by atoms with Crippen LogP contribution in [0.4, 0.5) is 0 Å². The van der Waals surface area contributed by atoms with E-state index in [1.807, 2.05) is 12.1 Å². The molecule has 4 heteroatoms. The van der Waals surface area contributed by atoms with Crippen LogP contribution in [-0.4, -0.2) is 9.55 Å². The Hall–Kier alpha value is -1.94. The van der Waals surface area contributed by atoms with Crippen molar-refractivity contribution in [1.29, 1.82) is 0 Å². The van der Waals surface area contributed by atoms with Crippen LogP contribution >= 0.6 is 0 Å². The monoisotopic (exact) mass is 257 g/mol. The van der Waals surface area contributed by atoms with Crippen LogP contribution in [0.3, 0.4) is 0 Å². The first-order valence-corrected chi connectivity index (χ1v) is 6.45. The van der Waals surface area contributed by atoms with E-state index in [2.05, 4.69) is 31.0 Å². The SMILES string of the molecule is CC(C)c1ccc(C(N)Cn2cccnc2=O)cc1. The Morgan fingerprint density at radius 2 is 1.84 bits per heavy atom. The van der Waals surface area contributed by atoms with Gasteiger partial charge in [0.25, 0.3) is 0 Å². The second kappa shape index (κ2) is 5.80. The summed E-state index contributed by atoms with van der Waals surface area (Å²) in [7, 11) is 0. The van der Waals surface area contributed by atoms with Crippen molar-refractivity contribution >= 4 is 0 Å². The van der Waals surface area contributed by atoms with Gasteiger partial charge in [-0.05, 0) is 23.1 Å². The molecular weight excluding hydrogens is 238 g/mol. The van der Waals surface area contributed by atoms with E-state index in [1.165, 1.54) is 16.3 Å². The molecule has 0 aliphatic carbocycles. The maximum atomic E-state index is 11.5. The predicted octanol–water partition coefficient (Wildman–Crippen LogP) is 2.07. The van der Waals surface area contributed by atoms with E-state index in [-0.39, 0.29) is 11.7 Å². The highest BCUT2D eigenvalue weighted by Gasteiger charge is 2.08. The summed E-state index contributed by atoms with van der Waals surface area (Å²) < 4.78 is 1.53. The molecular formula is C15H19N3O. The standard InChI is InChI=1S/C15H19N3O/c1-11(2)12-4-6-13(7-5-12)14(16)10-18-9-3-8-17-15(18)19/h3-9,11,14H,10,16H2,1-2H3. The van der Waals surface area contributed by atoms with Crippen LogP contribution in [0.5, 0.6) is 0 Å². The topological polar surface area (TPSA) is 60.9 Å². The van der Waals surface area contributed by atoms with Crippen LogP contribution in [0.25, 0.3) is 0 Å². The molecule has 2 rings (SSSR count). The van der Waals surface area contributed by atoms with Crippen molar-refractivity contribution in [2.24, 2.45) is 5.73 Å². The van der Waals surface area contributed by atoms with Gasteiger partial charge in [-0.15, -0.1) is 0 Å². The lowest BCUT2D eigenvalue weighted by molar-refractivity contribution is 0.551. The van der Waals surface area contributed by atoms with Crippen LogP contribution in [-0.2, 0) is 6.54 Å². The fourth-order valence-corrected chi connectivity index (χ4v) is 1.97. The highest BCUT2D eigenvalue weighted by atomic mass is 16.1. The van der Waals surface area contributed by atoms with Gasteiger partial charge in [0.15, 0.2) is 0 Å². The summed E-state index contributed by atoms with van der Waals surface area (Å²) in [5.41, 5.74) is 8.18. The molecule has 0 aliphatic heterocycles. The Morgan fingerprint density at radius 1 is 1.21 bits per heavy atom. The maximum absolute atomic E-state index is 11.5. The summed E-state index contributed by atoms with van der Waals surface area (Å²) in [4.78, 5) is 15.2. The van der Waals surface area contributed by atoms with E-state index in [9.17, 15) is 4.79 Å².